The Labute approximate surface area is 113 Å². The highest BCUT2D eigenvalue weighted by molar-refractivity contribution is 4.73. The van der Waals surface area contributed by atoms with Crippen LogP contribution in [-0.4, -0.2) is 50.3 Å². The molecule has 3 heteroatoms. The van der Waals surface area contributed by atoms with Crippen LogP contribution in [0, 0.1) is 11.8 Å². The number of ether oxygens (including phenoxy) is 1. The molecule has 3 nitrogen and oxygen atoms in total. The van der Waals surface area contributed by atoms with Gasteiger partial charge in [0.2, 0.25) is 0 Å². The molecule has 0 aromatic heterocycles. The van der Waals surface area contributed by atoms with Gasteiger partial charge in [0.15, 0.2) is 0 Å². The first-order valence-electron chi connectivity index (χ1n) is 7.38. The van der Waals surface area contributed by atoms with Gasteiger partial charge in [0, 0.05) is 25.2 Å². The summed E-state index contributed by atoms with van der Waals surface area (Å²) in [5.74, 6) is 1.56. The van der Waals surface area contributed by atoms with Crippen LogP contribution in [0.1, 0.15) is 40.5 Å². The third-order valence-corrected chi connectivity index (χ3v) is 3.27. The molecule has 0 amide bonds. The second-order valence-electron chi connectivity index (χ2n) is 7.02. The Morgan fingerprint density at radius 2 is 2.00 bits per heavy atom. The molecular weight excluding hydrogens is 224 g/mol. The van der Waals surface area contributed by atoms with Crippen molar-refractivity contribution in [1.82, 2.24) is 10.2 Å². The normalized spacial score (nSPS) is 18.3. The number of nitrogens with one attached hydrogen (secondary N) is 1. The molecule has 0 aliphatic heterocycles. The standard InChI is InChI=1S/C15H32N2O/c1-13(10-16-15(2,3)4)11-17(5)8-9-18-12-14-6-7-14/h13-14,16H,6-12H2,1-5H3. The van der Waals surface area contributed by atoms with Crippen LogP contribution in [-0.2, 0) is 4.74 Å². The smallest absolute Gasteiger partial charge is 0.0593 e. The van der Waals surface area contributed by atoms with Crippen LogP contribution >= 0.6 is 0 Å². The molecule has 1 unspecified atom stereocenters. The predicted octanol–water partition coefficient (Wildman–Crippen LogP) is 2.37. The van der Waals surface area contributed by atoms with Crippen molar-refractivity contribution in [3.63, 3.8) is 0 Å². The second kappa shape index (κ2) is 7.46. The summed E-state index contributed by atoms with van der Waals surface area (Å²) < 4.78 is 5.67. The first-order valence-corrected chi connectivity index (χ1v) is 7.38. The maximum absolute atomic E-state index is 5.67. The van der Waals surface area contributed by atoms with Crippen LogP contribution in [0.4, 0.5) is 0 Å². The van der Waals surface area contributed by atoms with Crippen molar-refractivity contribution in [3.05, 3.63) is 0 Å². The summed E-state index contributed by atoms with van der Waals surface area (Å²) >= 11 is 0. The van der Waals surface area contributed by atoms with Gasteiger partial charge in [-0.05, 0) is 59.0 Å². The van der Waals surface area contributed by atoms with Crippen LogP contribution in [0.2, 0.25) is 0 Å². The molecule has 108 valence electrons. The van der Waals surface area contributed by atoms with Crippen LogP contribution in [0.5, 0.6) is 0 Å². The van der Waals surface area contributed by atoms with Crippen molar-refractivity contribution in [1.29, 1.82) is 0 Å². The molecule has 0 saturated heterocycles. The van der Waals surface area contributed by atoms with Crippen LogP contribution in [0.25, 0.3) is 0 Å². The number of rotatable bonds is 9. The van der Waals surface area contributed by atoms with Crippen molar-refractivity contribution in [3.8, 4) is 0 Å². The predicted molar refractivity (Wildman–Crippen MR) is 78.0 cm³/mol. The van der Waals surface area contributed by atoms with Gasteiger partial charge in [-0.2, -0.15) is 0 Å². The minimum atomic E-state index is 0.222. The van der Waals surface area contributed by atoms with Crippen molar-refractivity contribution < 1.29 is 4.74 Å². The summed E-state index contributed by atoms with van der Waals surface area (Å²) in [5.41, 5.74) is 0.222. The van der Waals surface area contributed by atoms with E-state index >= 15 is 0 Å². The van der Waals surface area contributed by atoms with E-state index in [1.54, 1.807) is 0 Å². The molecule has 1 aliphatic carbocycles. The SMILES string of the molecule is CC(CNC(C)(C)C)CN(C)CCOCC1CC1. The van der Waals surface area contributed by atoms with Crippen molar-refractivity contribution in [2.45, 2.75) is 46.1 Å². The van der Waals surface area contributed by atoms with Gasteiger partial charge in [-0.3, -0.25) is 0 Å². The third kappa shape index (κ3) is 8.90. The van der Waals surface area contributed by atoms with Gasteiger partial charge in [-0.25, -0.2) is 0 Å². The molecular formula is C15H32N2O. The monoisotopic (exact) mass is 256 g/mol. The Hall–Kier alpha value is -0.120. The van der Waals surface area contributed by atoms with Gasteiger partial charge in [0.05, 0.1) is 6.61 Å². The summed E-state index contributed by atoms with van der Waals surface area (Å²) in [5, 5.41) is 3.56. The van der Waals surface area contributed by atoms with Gasteiger partial charge >= 0.3 is 0 Å². The average molecular weight is 256 g/mol. The van der Waals surface area contributed by atoms with Crippen LogP contribution < -0.4 is 5.32 Å². The van der Waals surface area contributed by atoms with E-state index in [0.29, 0.717) is 5.92 Å². The summed E-state index contributed by atoms with van der Waals surface area (Å²) in [4.78, 5) is 2.38. The van der Waals surface area contributed by atoms with Gasteiger partial charge in [0.1, 0.15) is 0 Å². The van der Waals surface area contributed by atoms with E-state index in [0.717, 1.165) is 38.8 Å². The molecule has 0 aromatic rings. The fraction of sp³-hybridized carbons (Fsp3) is 1.00. The van der Waals surface area contributed by atoms with E-state index in [1.807, 2.05) is 0 Å². The molecule has 18 heavy (non-hydrogen) atoms. The van der Waals surface area contributed by atoms with E-state index in [2.05, 4.69) is 45.0 Å². The minimum Gasteiger partial charge on any atom is -0.380 e. The molecule has 0 heterocycles. The maximum atomic E-state index is 5.67. The Morgan fingerprint density at radius 3 is 2.56 bits per heavy atom. The Kier molecular flexibility index (Phi) is 6.61. The lowest BCUT2D eigenvalue weighted by molar-refractivity contribution is 0.0994. The molecule has 1 rings (SSSR count). The molecule has 0 aromatic carbocycles. The highest BCUT2D eigenvalue weighted by atomic mass is 16.5. The minimum absolute atomic E-state index is 0.222. The average Bonchev–Trinajstić information content (AvgIpc) is 3.04. The molecule has 1 saturated carbocycles. The number of likely N-dealkylation sites (N-methyl/N-ethyl adjacent to an activating group) is 1. The summed E-state index contributed by atoms with van der Waals surface area (Å²) in [6, 6.07) is 0. The van der Waals surface area contributed by atoms with Gasteiger partial charge in [-0.15, -0.1) is 0 Å². The lowest BCUT2D eigenvalue weighted by Crippen LogP contribution is -2.41. The largest absolute Gasteiger partial charge is 0.380 e. The maximum Gasteiger partial charge on any atom is 0.0593 e. The number of nitrogens with zero attached hydrogens (tertiary/aromatic N) is 1. The topological polar surface area (TPSA) is 24.5 Å². The molecule has 0 bridgehead atoms. The van der Waals surface area contributed by atoms with E-state index in [-0.39, 0.29) is 5.54 Å². The van der Waals surface area contributed by atoms with Crippen molar-refractivity contribution >= 4 is 0 Å². The fourth-order valence-electron chi connectivity index (χ4n) is 1.92. The quantitative estimate of drug-likeness (QED) is 0.641. The van der Waals surface area contributed by atoms with Crippen LogP contribution in [0.3, 0.4) is 0 Å². The zero-order chi connectivity index (χ0) is 13.6. The highest BCUT2D eigenvalue weighted by Gasteiger charge is 2.21. The molecule has 0 spiro atoms. The van der Waals surface area contributed by atoms with Gasteiger partial charge < -0.3 is 15.0 Å². The Morgan fingerprint density at radius 1 is 1.33 bits per heavy atom. The molecule has 1 N–H and O–H groups in total. The lowest BCUT2D eigenvalue weighted by Gasteiger charge is -2.26. The molecule has 0 radical (unpaired) electrons. The lowest BCUT2D eigenvalue weighted by atomic mass is 10.1. The first-order chi connectivity index (χ1) is 8.37. The van der Waals surface area contributed by atoms with Crippen molar-refractivity contribution in [2.75, 3.05) is 39.9 Å². The summed E-state index contributed by atoms with van der Waals surface area (Å²) in [6.45, 7) is 14.1. The first kappa shape index (κ1) is 15.9. The number of hydrogen-bond acceptors (Lipinski definition) is 3. The molecule has 1 atom stereocenters. The van der Waals surface area contributed by atoms with E-state index in [9.17, 15) is 0 Å². The zero-order valence-electron chi connectivity index (χ0n) is 13.0. The molecule has 1 fully saturated rings. The van der Waals surface area contributed by atoms with E-state index < -0.39 is 0 Å². The fourth-order valence-corrected chi connectivity index (χ4v) is 1.92. The van der Waals surface area contributed by atoms with Crippen LogP contribution in [0.15, 0.2) is 0 Å². The van der Waals surface area contributed by atoms with E-state index in [4.69, 9.17) is 4.74 Å². The second-order valence-corrected chi connectivity index (χ2v) is 7.02. The molecule has 1 aliphatic rings. The highest BCUT2D eigenvalue weighted by Crippen LogP contribution is 2.28. The Balaban J connectivity index is 1.97. The summed E-state index contributed by atoms with van der Waals surface area (Å²) in [7, 11) is 2.19. The number of hydrogen-bond donors (Lipinski definition) is 1. The van der Waals surface area contributed by atoms with Gasteiger partial charge in [-0.1, -0.05) is 6.92 Å². The summed E-state index contributed by atoms with van der Waals surface area (Å²) in [6.07, 6.45) is 2.76. The zero-order valence-corrected chi connectivity index (χ0v) is 13.0. The van der Waals surface area contributed by atoms with Crippen molar-refractivity contribution in [2.24, 2.45) is 11.8 Å². The third-order valence-electron chi connectivity index (χ3n) is 3.27. The van der Waals surface area contributed by atoms with Gasteiger partial charge in [0.25, 0.3) is 0 Å². The Bertz CT molecular complexity index is 221. The van der Waals surface area contributed by atoms with E-state index in [1.165, 1.54) is 12.8 Å².